The van der Waals surface area contributed by atoms with Gasteiger partial charge in [-0.2, -0.15) is 0 Å². The Labute approximate surface area is 67.6 Å². The predicted octanol–water partition coefficient (Wildman–Crippen LogP) is 2.94. The van der Waals surface area contributed by atoms with Crippen LogP contribution < -0.4 is 0 Å². The highest BCUT2D eigenvalue weighted by molar-refractivity contribution is 8.13. The monoisotopic (exact) mass is 157 g/mol. The van der Waals surface area contributed by atoms with Crippen molar-refractivity contribution in [2.75, 3.05) is 6.26 Å². The minimum Gasteiger partial charge on any atom is -0.255 e. The molecule has 0 N–H and O–H groups in total. The topological polar surface area (TPSA) is 12.4 Å². The van der Waals surface area contributed by atoms with Crippen molar-refractivity contribution in [1.82, 2.24) is 0 Å². The van der Waals surface area contributed by atoms with E-state index in [9.17, 15) is 0 Å². The summed E-state index contributed by atoms with van der Waals surface area (Å²) in [6.07, 6.45) is 4.71. The van der Waals surface area contributed by atoms with Gasteiger partial charge in [0.05, 0.1) is 5.04 Å². The molecule has 0 heterocycles. The minimum atomic E-state index is 0.686. The fourth-order valence-electron chi connectivity index (χ4n) is 0.640. The molecule has 0 bridgehead atoms. The number of rotatable bonds is 3. The first-order chi connectivity index (χ1) is 4.70. The summed E-state index contributed by atoms with van der Waals surface area (Å²) in [5, 5.41) is 1.17. The maximum atomic E-state index is 4.13. The molecule has 1 nitrogen and oxygen atoms in total. The van der Waals surface area contributed by atoms with Crippen LogP contribution in [0.1, 0.15) is 20.3 Å². The Bertz CT molecular complexity index is 127. The van der Waals surface area contributed by atoms with Gasteiger partial charge in [-0.3, -0.25) is 4.99 Å². The van der Waals surface area contributed by atoms with Crippen molar-refractivity contribution in [2.24, 2.45) is 10.9 Å². The molecular weight excluding hydrogens is 142 g/mol. The molecule has 10 heavy (non-hydrogen) atoms. The zero-order valence-electron chi connectivity index (χ0n) is 6.92. The van der Waals surface area contributed by atoms with E-state index in [0.29, 0.717) is 5.92 Å². The van der Waals surface area contributed by atoms with Crippen molar-refractivity contribution in [2.45, 2.75) is 20.3 Å². The average Bonchev–Trinajstić information content (AvgIpc) is 1.86. The van der Waals surface area contributed by atoms with Crippen molar-refractivity contribution in [3.63, 3.8) is 0 Å². The number of thioether (sulfide) groups is 1. The number of hydrogen-bond acceptors (Lipinski definition) is 2. The van der Waals surface area contributed by atoms with Crippen molar-refractivity contribution in [3.8, 4) is 0 Å². The number of nitrogens with zero attached hydrogens (tertiary/aromatic N) is 1. The maximum absolute atomic E-state index is 4.13. The third kappa shape index (κ3) is 4.62. The minimum absolute atomic E-state index is 0.686. The number of hydrogen-bond donors (Lipinski definition) is 0. The van der Waals surface area contributed by atoms with E-state index in [4.69, 9.17) is 0 Å². The van der Waals surface area contributed by atoms with Crippen LogP contribution in [0, 0.1) is 5.92 Å². The lowest BCUT2D eigenvalue weighted by Gasteiger charge is -2.03. The second kappa shape index (κ2) is 5.54. The summed E-state index contributed by atoms with van der Waals surface area (Å²) < 4.78 is 0. The Morgan fingerprint density at radius 1 is 1.70 bits per heavy atom. The Hall–Kier alpha value is -0.240. The van der Waals surface area contributed by atoms with Crippen LogP contribution >= 0.6 is 11.8 Å². The third-order valence-electron chi connectivity index (χ3n) is 1.05. The predicted molar refractivity (Wildman–Crippen MR) is 50.6 cm³/mol. The van der Waals surface area contributed by atoms with E-state index in [0.717, 1.165) is 6.42 Å². The first kappa shape index (κ1) is 9.76. The summed E-state index contributed by atoms with van der Waals surface area (Å²) in [5.41, 5.74) is 0. The molecule has 0 aromatic carbocycles. The Morgan fingerprint density at radius 2 is 2.30 bits per heavy atom. The molecule has 0 aromatic rings. The fraction of sp³-hybridized carbons (Fsp3) is 0.625. The van der Waals surface area contributed by atoms with E-state index >= 15 is 0 Å². The van der Waals surface area contributed by atoms with Crippen molar-refractivity contribution < 1.29 is 0 Å². The summed E-state index contributed by atoms with van der Waals surface area (Å²) in [6, 6.07) is 0. The summed E-state index contributed by atoms with van der Waals surface area (Å²) >= 11 is 1.70. The van der Waals surface area contributed by atoms with Crippen LogP contribution in [0.25, 0.3) is 0 Å². The Balaban J connectivity index is 3.82. The molecule has 0 unspecified atom stereocenters. The van der Waals surface area contributed by atoms with E-state index in [1.807, 2.05) is 6.26 Å². The molecule has 0 atom stereocenters. The molecule has 0 amide bonds. The molecular formula is C8H15NS. The van der Waals surface area contributed by atoms with Crippen molar-refractivity contribution in [3.05, 3.63) is 12.8 Å². The molecule has 0 rings (SSSR count). The highest BCUT2D eigenvalue weighted by Gasteiger charge is 1.99. The summed E-state index contributed by atoms with van der Waals surface area (Å²) in [5.74, 6) is 0.686. The largest absolute Gasteiger partial charge is 0.255 e. The van der Waals surface area contributed by atoms with Gasteiger partial charge < -0.3 is 0 Å². The van der Waals surface area contributed by atoms with Crippen LogP contribution in [0.4, 0.5) is 0 Å². The Morgan fingerprint density at radius 3 is 2.60 bits per heavy atom. The second-order valence-corrected chi connectivity index (χ2v) is 3.39. The standard InChI is InChI=1S/C8H15NS/c1-5-9-8(10-4)6-7(2)3/h5,7H,1,6H2,2-4H3. The highest BCUT2D eigenvalue weighted by Crippen LogP contribution is 2.10. The zero-order valence-corrected chi connectivity index (χ0v) is 7.74. The molecule has 0 saturated heterocycles. The molecule has 0 aliphatic carbocycles. The number of aliphatic imine (C=N–C) groups is 1. The van der Waals surface area contributed by atoms with Crippen LogP contribution in [0.5, 0.6) is 0 Å². The molecule has 0 radical (unpaired) electrons. The highest BCUT2D eigenvalue weighted by atomic mass is 32.2. The molecule has 0 fully saturated rings. The summed E-state index contributed by atoms with van der Waals surface area (Å²) in [4.78, 5) is 4.13. The van der Waals surface area contributed by atoms with Crippen LogP contribution in [-0.2, 0) is 0 Å². The normalized spacial score (nSPS) is 12.2. The maximum Gasteiger partial charge on any atom is 0.0730 e. The van der Waals surface area contributed by atoms with Crippen LogP contribution in [0.2, 0.25) is 0 Å². The molecule has 2 heteroatoms. The van der Waals surface area contributed by atoms with Gasteiger partial charge in [0.1, 0.15) is 0 Å². The van der Waals surface area contributed by atoms with E-state index in [2.05, 4.69) is 25.4 Å². The van der Waals surface area contributed by atoms with Gasteiger partial charge in [0.25, 0.3) is 0 Å². The van der Waals surface area contributed by atoms with Gasteiger partial charge >= 0.3 is 0 Å². The molecule has 0 aliphatic rings. The Kier molecular flexibility index (Phi) is 5.40. The van der Waals surface area contributed by atoms with Crippen LogP contribution in [0.3, 0.4) is 0 Å². The van der Waals surface area contributed by atoms with Gasteiger partial charge in [0, 0.05) is 6.20 Å². The summed E-state index contributed by atoms with van der Waals surface area (Å²) in [6.45, 7) is 7.93. The molecule has 0 spiro atoms. The van der Waals surface area contributed by atoms with Gasteiger partial charge in [-0.05, 0) is 18.6 Å². The van der Waals surface area contributed by atoms with Gasteiger partial charge in [-0.15, -0.1) is 11.8 Å². The summed E-state index contributed by atoms with van der Waals surface area (Å²) in [7, 11) is 0. The van der Waals surface area contributed by atoms with Gasteiger partial charge in [-0.25, -0.2) is 0 Å². The van der Waals surface area contributed by atoms with Crippen LogP contribution in [0.15, 0.2) is 17.8 Å². The first-order valence-corrected chi connectivity index (χ1v) is 4.64. The van der Waals surface area contributed by atoms with E-state index < -0.39 is 0 Å². The molecule has 0 aromatic heterocycles. The average molecular weight is 157 g/mol. The zero-order chi connectivity index (χ0) is 7.98. The molecule has 0 saturated carbocycles. The third-order valence-corrected chi connectivity index (χ3v) is 1.80. The van der Waals surface area contributed by atoms with E-state index in [-0.39, 0.29) is 0 Å². The second-order valence-electron chi connectivity index (χ2n) is 2.51. The van der Waals surface area contributed by atoms with Gasteiger partial charge in [0.15, 0.2) is 0 Å². The smallest absolute Gasteiger partial charge is 0.0730 e. The van der Waals surface area contributed by atoms with Crippen molar-refractivity contribution in [1.29, 1.82) is 0 Å². The van der Waals surface area contributed by atoms with Crippen molar-refractivity contribution >= 4 is 16.8 Å². The molecule has 58 valence electrons. The quantitative estimate of drug-likeness (QED) is 0.453. The van der Waals surface area contributed by atoms with E-state index in [1.54, 1.807) is 18.0 Å². The lowest BCUT2D eigenvalue weighted by molar-refractivity contribution is 0.688. The first-order valence-electron chi connectivity index (χ1n) is 3.42. The fourth-order valence-corrected chi connectivity index (χ4v) is 1.32. The van der Waals surface area contributed by atoms with E-state index in [1.165, 1.54) is 5.04 Å². The lowest BCUT2D eigenvalue weighted by Crippen LogP contribution is -1.96. The van der Waals surface area contributed by atoms with Gasteiger partial charge in [0.2, 0.25) is 0 Å². The SMILES string of the molecule is C=CN=C(CC(C)C)SC. The lowest BCUT2D eigenvalue weighted by atomic mass is 10.1. The van der Waals surface area contributed by atoms with Gasteiger partial charge in [-0.1, -0.05) is 20.4 Å². The molecule has 0 aliphatic heterocycles. The van der Waals surface area contributed by atoms with Crippen LogP contribution in [-0.4, -0.2) is 11.3 Å².